The van der Waals surface area contributed by atoms with Crippen LogP contribution in [0.25, 0.3) is 0 Å². The average Bonchev–Trinajstić information content (AvgIpc) is 2.63. The third-order valence-electron chi connectivity index (χ3n) is 1.71. The van der Waals surface area contributed by atoms with E-state index in [4.69, 9.17) is 14.6 Å². The minimum Gasteiger partial charge on any atom is -0.490 e. The predicted octanol–water partition coefficient (Wildman–Crippen LogP) is 0.291. The molecule has 80 valence electrons. The first-order valence-corrected chi connectivity index (χ1v) is 4.62. The Labute approximate surface area is 83.2 Å². The molecule has 1 N–H and O–H groups in total. The van der Waals surface area contributed by atoms with Crippen LogP contribution in [0.4, 0.5) is 0 Å². The lowest BCUT2D eigenvalue weighted by molar-refractivity contribution is 0.183. The van der Waals surface area contributed by atoms with Crippen LogP contribution in [0.15, 0.2) is 12.4 Å². The molecule has 0 aliphatic carbocycles. The molecule has 1 aromatic heterocycles. The molecule has 0 amide bonds. The number of hydrogen-bond acceptors (Lipinski definition) is 4. The van der Waals surface area contributed by atoms with Crippen LogP contribution in [0, 0.1) is 0 Å². The molecule has 0 unspecified atom stereocenters. The number of aliphatic hydroxyl groups is 1. The molecule has 5 nitrogen and oxygen atoms in total. The molecule has 1 aromatic rings. The van der Waals surface area contributed by atoms with Crippen molar-refractivity contribution in [3.63, 3.8) is 0 Å². The molecule has 5 heteroatoms. The van der Waals surface area contributed by atoms with E-state index in [0.717, 1.165) is 12.3 Å². The number of aliphatic hydroxyl groups excluding tert-OH is 1. The maximum absolute atomic E-state index is 8.55. The van der Waals surface area contributed by atoms with Gasteiger partial charge in [-0.05, 0) is 0 Å². The summed E-state index contributed by atoms with van der Waals surface area (Å²) < 4.78 is 12.0. The Morgan fingerprint density at radius 2 is 2.36 bits per heavy atom. The van der Waals surface area contributed by atoms with E-state index in [2.05, 4.69) is 5.10 Å². The van der Waals surface area contributed by atoms with Gasteiger partial charge in [-0.1, -0.05) is 0 Å². The van der Waals surface area contributed by atoms with E-state index in [0.29, 0.717) is 19.6 Å². The smallest absolute Gasteiger partial charge is 0.157 e. The van der Waals surface area contributed by atoms with Crippen LogP contribution < -0.4 is 4.74 Å². The van der Waals surface area contributed by atoms with Gasteiger partial charge in [-0.2, -0.15) is 5.10 Å². The number of methoxy groups -OCH3 is 1. The zero-order chi connectivity index (χ0) is 10.2. The fourth-order valence-electron chi connectivity index (χ4n) is 0.981. The third-order valence-corrected chi connectivity index (χ3v) is 1.71. The van der Waals surface area contributed by atoms with Crippen molar-refractivity contribution in [2.75, 3.05) is 26.9 Å². The summed E-state index contributed by atoms with van der Waals surface area (Å²) in [5, 5.41) is 12.6. The van der Waals surface area contributed by atoms with Crippen molar-refractivity contribution in [1.29, 1.82) is 0 Å². The topological polar surface area (TPSA) is 56.5 Å². The lowest BCUT2D eigenvalue weighted by Crippen LogP contribution is -2.04. The normalized spacial score (nSPS) is 10.4. The van der Waals surface area contributed by atoms with E-state index in [1.54, 1.807) is 18.0 Å². The van der Waals surface area contributed by atoms with Crippen LogP contribution >= 0.6 is 0 Å². The predicted molar refractivity (Wildman–Crippen MR) is 51.3 cm³/mol. The number of hydrogen-bond donors (Lipinski definition) is 1. The van der Waals surface area contributed by atoms with Gasteiger partial charge in [0.2, 0.25) is 0 Å². The maximum Gasteiger partial charge on any atom is 0.157 e. The molecular weight excluding hydrogens is 184 g/mol. The zero-order valence-electron chi connectivity index (χ0n) is 8.35. The van der Waals surface area contributed by atoms with Crippen LogP contribution in [-0.4, -0.2) is 41.8 Å². The number of aromatic nitrogens is 2. The Bertz CT molecular complexity index is 250. The Kier molecular flexibility index (Phi) is 5.03. The second-order valence-corrected chi connectivity index (χ2v) is 2.86. The second kappa shape index (κ2) is 6.39. The van der Waals surface area contributed by atoms with E-state index in [1.807, 2.05) is 6.20 Å². The Morgan fingerprint density at radius 1 is 1.50 bits per heavy atom. The summed E-state index contributed by atoms with van der Waals surface area (Å²) in [5.41, 5.74) is 0. The molecule has 14 heavy (non-hydrogen) atoms. The van der Waals surface area contributed by atoms with Gasteiger partial charge in [-0.3, -0.25) is 4.68 Å². The summed E-state index contributed by atoms with van der Waals surface area (Å²) >= 11 is 0. The van der Waals surface area contributed by atoms with E-state index in [9.17, 15) is 0 Å². The highest BCUT2D eigenvalue weighted by atomic mass is 16.5. The van der Waals surface area contributed by atoms with Gasteiger partial charge in [0.05, 0.1) is 32.2 Å². The fraction of sp³-hybridized carbons (Fsp3) is 0.667. The molecule has 0 fully saturated rings. The molecule has 0 aromatic carbocycles. The summed E-state index contributed by atoms with van der Waals surface area (Å²) in [6.07, 6.45) is 4.12. The van der Waals surface area contributed by atoms with Crippen molar-refractivity contribution in [3.8, 4) is 5.75 Å². The van der Waals surface area contributed by atoms with Crippen LogP contribution in [0.5, 0.6) is 5.75 Å². The minimum atomic E-state index is 0.151. The highest BCUT2D eigenvalue weighted by molar-refractivity contribution is 5.11. The monoisotopic (exact) mass is 200 g/mol. The lowest BCUT2D eigenvalue weighted by atomic mass is 10.5. The van der Waals surface area contributed by atoms with Gasteiger partial charge >= 0.3 is 0 Å². The van der Waals surface area contributed by atoms with Gasteiger partial charge in [-0.25, -0.2) is 0 Å². The molecule has 0 radical (unpaired) electrons. The molecule has 0 aliphatic rings. The SMILES string of the molecule is COCCn1cc(OCCCO)cn1. The molecule has 0 bridgehead atoms. The highest BCUT2D eigenvalue weighted by Crippen LogP contribution is 2.07. The summed E-state index contributed by atoms with van der Waals surface area (Å²) in [6, 6.07) is 0. The first-order valence-electron chi connectivity index (χ1n) is 4.62. The molecule has 0 atom stereocenters. The van der Waals surface area contributed by atoms with Gasteiger partial charge in [0.1, 0.15) is 0 Å². The van der Waals surface area contributed by atoms with E-state index < -0.39 is 0 Å². The molecule has 1 rings (SSSR count). The fourth-order valence-corrected chi connectivity index (χ4v) is 0.981. The van der Waals surface area contributed by atoms with E-state index in [1.165, 1.54) is 0 Å². The van der Waals surface area contributed by atoms with Crippen molar-refractivity contribution in [3.05, 3.63) is 12.4 Å². The standard InChI is InChI=1S/C9H16N2O3/c1-13-6-3-11-8-9(7-10-11)14-5-2-4-12/h7-8,12H,2-6H2,1H3. The van der Waals surface area contributed by atoms with E-state index in [-0.39, 0.29) is 6.61 Å². The number of nitrogens with zero attached hydrogens (tertiary/aromatic N) is 2. The third kappa shape index (κ3) is 3.76. The van der Waals surface area contributed by atoms with Crippen molar-refractivity contribution < 1.29 is 14.6 Å². The number of ether oxygens (including phenoxy) is 2. The lowest BCUT2D eigenvalue weighted by Gasteiger charge is -2.00. The quantitative estimate of drug-likeness (QED) is 0.643. The van der Waals surface area contributed by atoms with Crippen LogP contribution in [0.1, 0.15) is 6.42 Å². The number of rotatable bonds is 7. The molecule has 0 saturated heterocycles. The van der Waals surface area contributed by atoms with Crippen molar-refractivity contribution in [2.24, 2.45) is 0 Å². The van der Waals surface area contributed by atoms with E-state index >= 15 is 0 Å². The molecule has 0 spiro atoms. The first kappa shape index (κ1) is 11.0. The highest BCUT2D eigenvalue weighted by Gasteiger charge is 1.98. The minimum absolute atomic E-state index is 0.151. The summed E-state index contributed by atoms with van der Waals surface area (Å²) in [7, 11) is 1.65. The van der Waals surface area contributed by atoms with Crippen molar-refractivity contribution in [2.45, 2.75) is 13.0 Å². The van der Waals surface area contributed by atoms with Gasteiger partial charge in [-0.15, -0.1) is 0 Å². The van der Waals surface area contributed by atoms with Crippen LogP contribution in [-0.2, 0) is 11.3 Å². The van der Waals surface area contributed by atoms with Crippen molar-refractivity contribution >= 4 is 0 Å². The van der Waals surface area contributed by atoms with Crippen LogP contribution in [0.2, 0.25) is 0 Å². The average molecular weight is 200 g/mol. The van der Waals surface area contributed by atoms with Crippen molar-refractivity contribution in [1.82, 2.24) is 9.78 Å². The zero-order valence-corrected chi connectivity index (χ0v) is 8.35. The van der Waals surface area contributed by atoms with Crippen LogP contribution in [0.3, 0.4) is 0 Å². The van der Waals surface area contributed by atoms with Gasteiger partial charge in [0.15, 0.2) is 5.75 Å². The second-order valence-electron chi connectivity index (χ2n) is 2.86. The molecular formula is C9H16N2O3. The molecule has 1 heterocycles. The Balaban J connectivity index is 2.27. The summed E-state index contributed by atoms with van der Waals surface area (Å²) in [5.74, 6) is 0.731. The summed E-state index contributed by atoms with van der Waals surface area (Å²) in [4.78, 5) is 0. The molecule has 0 aliphatic heterocycles. The summed E-state index contributed by atoms with van der Waals surface area (Å²) in [6.45, 7) is 2.03. The Morgan fingerprint density at radius 3 is 3.07 bits per heavy atom. The molecule has 0 saturated carbocycles. The maximum atomic E-state index is 8.55. The first-order chi connectivity index (χ1) is 6.86. The Hall–Kier alpha value is -1.07. The van der Waals surface area contributed by atoms with Gasteiger partial charge in [0.25, 0.3) is 0 Å². The van der Waals surface area contributed by atoms with Gasteiger partial charge < -0.3 is 14.6 Å². The largest absolute Gasteiger partial charge is 0.490 e. The van der Waals surface area contributed by atoms with Gasteiger partial charge in [0, 0.05) is 20.1 Å².